The lowest BCUT2D eigenvalue weighted by atomic mass is 9.99. The van der Waals surface area contributed by atoms with Crippen molar-refractivity contribution in [1.29, 1.82) is 0 Å². The SMILES string of the molecule is NC(CCCc1ccccc1)c1ccc(Br)cc1F. The summed E-state index contributed by atoms with van der Waals surface area (Å²) in [7, 11) is 0. The normalized spacial score (nSPS) is 12.4. The molecule has 0 saturated carbocycles. The zero-order chi connectivity index (χ0) is 13.7. The molecule has 2 aromatic carbocycles. The molecule has 0 aliphatic carbocycles. The second-order valence-electron chi connectivity index (χ2n) is 4.65. The van der Waals surface area contributed by atoms with Gasteiger partial charge in [-0.15, -0.1) is 0 Å². The molecule has 0 fully saturated rings. The third kappa shape index (κ3) is 4.15. The first kappa shape index (κ1) is 14.2. The van der Waals surface area contributed by atoms with Gasteiger partial charge in [0.1, 0.15) is 5.82 Å². The third-order valence-corrected chi connectivity index (χ3v) is 3.68. The number of hydrogen-bond donors (Lipinski definition) is 1. The second kappa shape index (κ2) is 6.83. The van der Waals surface area contributed by atoms with Gasteiger partial charge in [-0.25, -0.2) is 4.39 Å². The van der Waals surface area contributed by atoms with E-state index in [2.05, 4.69) is 28.1 Å². The molecule has 1 nitrogen and oxygen atoms in total. The van der Waals surface area contributed by atoms with Crippen LogP contribution in [0.2, 0.25) is 0 Å². The highest BCUT2D eigenvalue weighted by molar-refractivity contribution is 9.10. The minimum absolute atomic E-state index is 0.235. The van der Waals surface area contributed by atoms with Gasteiger partial charge in [0.25, 0.3) is 0 Å². The van der Waals surface area contributed by atoms with E-state index in [4.69, 9.17) is 5.73 Å². The highest BCUT2D eigenvalue weighted by Crippen LogP contribution is 2.23. The van der Waals surface area contributed by atoms with Crippen LogP contribution in [-0.2, 0) is 6.42 Å². The van der Waals surface area contributed by atoms with E-state index in [-0.39, 0.29) is 11.9 Å². The molecule has 1 unspecified atom stereocenters. The Hall–Kier alpha value is -1.19. The smallest absolute Gasteiger partial charge is 0.129 e. The van der Waals surface area contributed by atoms with Crippen molar-refractivity contribution in [3.05, 3.63) is 69.9 Å². The Labute approximate surface area is 121 Å². The van der Waals surface area contributed by atoms with Crippen molar-refractivity contribution in [2.45, 2.75) is 25.3 Å². The van der Waals surface area contributed by atoms with Gasteiger partial charge in [-0.2, -0.15) is 0 Å². The molecule has 0 spiro atoms. The minimum atomic E-state index is -0.239. The van der Waals surface area contributed by atoms with E-state index >= 15 is 0 Å². The minimum Gasteiger partial charge on any atom is -0.324 e. The van der Waals surface area contributed by atoms with E-state index < -0.39 is 0 Å². The van der Waals surface area contributed by atoms with Crippen LogP contribution in [0.1, 0.15) is 30.0 Å². The van der Waals surface area contributed by atoms with Gasteiger partial charge in [0, 0.05) is 16.1 Å². The fourth-order valence-corrected chi connectivity index (χ4v) is 2.46. The highest BCUT2D eigenvalue weighted by atomic mass is 79.9. The first-order chi connectivity index (χ1) is 9.16. The van der Waals surface area contributed by atoms with Crippen molar-refractivity contribution >= 4 is 15.9 Å². The molecule has 0 saturated heterocycles. The molecule has 0 aliphatic heterocycles. The Kier molecular flexibility index (Phi) is 5.11. The molecular formula is C16H17BrFN. The maximum absolute atomic E-state index is 13.7. The summed E-state index contributed by atoms with van der Waals surface area (Å²) < 4.78 is 14.5. The van der Waals surface area contributed by atoms with Gasteiger partial charge < -0.3 is 5.73 Å². The Morgan fingerprint density at radius 2 is 1.84 bits per heavy atom. The molecule has 2 N–H and O–H groups in total. The van der Waals surface area contributed by atoms with Crippen molar-refractivity contribution < 1.29 is 4.39 Å². The lowest BCUT2D eigenvalue weighted by Gasteiger charge is -2.13. The molecule has 3 heteroatoms. The van der Waals surface area contributed by atoms with Crippen molar-refractivity contribution in [2.24, 2.45) is 5.73 Å². The highest BCUT2D eigenvalue weighted by Gasteiger charge is 2.11. The fourth-order valence-electron chi connectivity index (χ4n) is 2.13. The van der Waals surface area contributed by atoms with E-state index in [1.807, 2.05) is 24.3 Å². The topological polar surface area (TPSA) is 26.0 Å². The van der Waals surface area contributed by atoms with E-state index in [0.29, 0.717) is 5.56 Å². The van der Waals surface area contributed by atoms with Gasteiger partial charge in [0.05, 0.1) is 0 Å². The number of halogens is 2. The van der Waals surface area contributed by atoms with Crippen molar-refractivity contribution in [2.75, 3.05) is 0 Å². The van der Waals surface area contributed by atoms with Crippen LogP contribution in [0.25, 0.3) is 0 Å². The number of rotatable bonds is 5. The molecule has 0 aliphatic rings. The quantitative estimate of drug-likeness (QED) is 0.855. The molecule has 19 heavy (non-hydrogen) atoms. The Balaban J connectivity index is 1.89. The van der Waals surface area contributed by atoms with Crippen LogP contribution in [0.15, 0.2) is 53.0 Å². The van der Waals surface area contributed by atoms with Crippen LogP contribution in [0.4, 0.5) is 4.39 Å². The van der Waals surface area contributed by atoms with Gasteiger partial charge in [0.15, 0.2) is 0 Å². The summed E-state index contributed by atoms with van der Waals surface area (Å²) in [5.74, 6) is -0.235. The van der Waals surface area contributed by atoms with Crippen molar-refractivity contribution in [3.63, 3.8) is 0 Å². The molecule has 0 aromatic heterocycles. The standard InChI is InChI=1S/C16H17BrFN/c17-13-9-10-14(15(18)11-13)16(19)8-4-7-12-5-2-1-3-6-12/h1-3,5-6,9-11,16H,4,7-8,19H2. The first-order valence-corrected chi connectivity index (χ1v) is 7.20. The predicted molar refractivity (Wildman–Crippen MR) is 80.4 cm³/mol. The molecule has 0 amide bonds. The molecule has 0 heterocycles. The summed E-state index contributed by atoms with van der Waals surface area (Å²) in [6, 6.07) is 15.1. The molecule has 0 bridgehead atoms. The molecular weight excluding hydrogens is 305 g/mol. The first-order valence-electron chi connectivity index (χ1n) is 6.41. The lowest BCUT2D eigenvalue weighted by molar-refractivity contribution is 0.550. The summed E-state index contributed by atoms with van der Waals surface area (Å²) in [6.45, 7) is 0. The zero-order valence-electron chi connectivity index (χ0n) is 10.7. The molecule has 100 valence electrons. The average Bonchev–Trinajstić information content (AvgIpc) is 2.39. The maximum atomic E-state index is 13.7. The van der Waals surface area contributed by atoms with Crippen LogP contribution in [0.3, 0.4) is 0 Å². The third-order valence-electron chi connectivity index (χ3n) is 3.19. The van der Waals surface area contributed by atoms with E-state index in [1.165, 1.54) is 11.6 Å². The summed E-state index contributed by atoms with van der Waals surface area (Å²) in [4.78, 5) is 0. The Morgan fingerprint density at radius 1 is 1.11 bits per heavy atom. The maximum Gasteiger partial charge on any atom is 0.129 e. The number of hydrogen-bond acceptors (Lipinski definition) is 1. The Bertz CT molecular complexity index is 528. The Morgan fingerprint density at radius 3 is 2.53 bits per heavy atom. The monoisotopic (exact) mass is 321 g/mol. The van der Waals surface area contributed by atoms with Gasteiger partial charge in [-0.3, -0.25) is 0 Å². The van der Waals surface area contributed by atoms with Crippen LogP contribution in [0.5, 0.6) is 0 Å². The second-order valence-corrected chi connectivity index (χ2v) is 5.57. The van der Waals surface area contributed by atoms with Crippen molar-refractivity contribution in [1.82, 2.24) is 0 Å². The number of benzene rings is 2. The lowest BCUT2D eigenvalue weighted by Crippen LogP contribution is -2.12. The summed E-state index contributed by atoms with van der Waals surface area (Å²) >= 11 is 3.25. The molecule has 2 aromatic rings. The van der Waals surface area contributed by atoms with Crippen LogP contribution >= 0.6 is 15.9 Å². The van der Waals surface area contributed by atoms with E-state index in [9.17, 15) is 4.39 Å². The number of nitrogens with two attached hydrogens (primary N) is 1. The van der Waals surface area contributed by atoms with Gasteiger partial charge in [-0.1, -0.05) is 52.3 Å². The van der Waals surface area contributed by atoms with Gasteiger partial charge >= 0.3 is 0 Å². The van der Waals surface area contributed by atoms with Crippen LogP contribution < -0.4 is 5.73 Å². The largest absolute Gasteiger partial charge is 0.324 e. The fraction of sp³-hybridized carbons (Fsp3) is 0.250. The molecule has 1 atom stereocenters. The van der Waals surface area contributed by atoms with Crippen LogP contribution in [0, 0.1) is 5.82 Å². The summed E-state index contributed by atoms with van der Waals surface area (Å²) in [6.07, 6.45) is 2.72. The molecule has 0 radical (unpaired) electrons. The van der Waals surface area contributed by atoms with Crippen molar-refractivity contribution in [3.8, 4) is 0 Å². The number of aryl methyl sites for hydroxylation is 1. The summed E-state index contributed by atoms with van der Waals surface area (Å²) in [5, 5.41) is 0. The average molecular weight is 322 g/mol. The predicted octanol–water partition coefficient (Wildman–Crippen LogP) is 4.61. The van der Waals surface area contributed by atoms with Gasteiger partial charge in [-0.05, 0) is 37.0 Å². The summed E-state index contributed by atoms with van der Waals surface area (Å²) in [5.41, 5.74) is 7.95. The van der Waals surface area contributed by atoms with Crippen LogP contribution in [-0.4, -0.2) is 0 Å². The van der Waals surface area contributed by atoms with Gasteiger partial charge in [0.2, 0.25) is 0 Å². The van der Waals surface area contributed by atoms with E-state index in [0.717, 1.165) is 23.7 Å². The zero-order valence-corrected chi connectivity index (χ0v) is 12.2. The van der Waals surface area contributed by atoms with E-state index in [1.54, 1.807) is 6.07 Å². The molecule has 2 rings (SSSR count).